The maximum atomic E-state index is 13.1. The van der Waals surface area contributed by atoms with Crippen LogP contribution in [-0.4, -0.2) is 47.2 Å². The van der Waals surface area contributed by atoms with Crippen molar-refractivity contribution in [2.24, 2.45) is 0 Å². The molecule has 0 N–H and O–H groups in total. The van der Waals surface area contributed by atoms with Crippen molar-refractivity contribution in [2.45, 2.75) is 32.4 Å². The first-order valence-corrected chi connectivity index (χ1v) is 10.3. The number of benzene rings is 2. The van der Waals surface area contributed by atoms with Crippen molar-refractivity contribution in [3.8, 4) is 17.1 Å². The van der Waals surface area contributed by atoms with E-state index in [1.54, 1.807) is 0 Å². The van der Waals surface area contributed by atoms with Crippen molar-refractivity contribution in [3.05, 3.63) is 60.5 Å². The van der Waals surface area contributed by atoms with Gasteiger partial charge in [0.15, 0.2) is 0 Å². The molecule has 0 bridgehead atoms. The molecule has 0 spiro atoms. The van der Waals surface area contributed by atoms with Crippen LogP contribution in [-0.2, 0) is 11.3 Å². The van der Waals surface area contributed by atoms with Gasteiger partial charge in [-0.25, -0.2) is 0 Å². The van der Waals surface area contributed by atoms with Crippen LogP contribution >= 0.6 is 0 Å². The predicted octanol–water partition coefficient (Wildman–Crippen LogP) is 3.76. The first-order valence-electron chi connectivity index (χ1n) is 10.3. The van der Waals surface area contributed by atoms with Crippen LogP contribution in [0.15, 0.2) is 59.1 Å². The highest BCUT2D eigenvalue weighted by molar-refractivity contribution is 5.97. The molecule has 2 aromatic carbocycles. The third-order valence-electron chi connectivity index (χ3n) is 5.29. The van der Waals surface area contributed by atoms with Gasteiger partial charge < -0.3 is 14.2 Å². The maximum absolute atomic E-state index is 13.1. The average Bonchev–Trinajstić information content (AvgIpc) is 3.23. The normalized spacial score (nSPS) is 16.8. The number of anilines is 1. The Morgan fingerprint density at radius 1 is 1.17 bits per heavy atom. The summed E-state index contributed by atoms with van der Waals surface area (Å²) < 4.78 is 10.9. The molecule has 0 radical (unpaired) electrons. The van der Waals surface area contributed by atoms with E-state index < -0.39 is 0 Å². The van der Waals surface area contributed by atoms with Gasteiger partial charge in [0.25, 0.3) is 0 Å². The summed E-state index contributed by atoms with van der Waals surface area (Å²) in [4.78, 5) is 21.4. The van der Waals surface area contributed by atoms with Gasteiger partial charge in [0, 0.05) is 17.8 Å². The summed E-state index contributed by atoms with van der Waals surface area (Å²) >= 11 is 0. The molecule has 1 saturated heterocycles. The number of hydrogen-bond donors (Lipinski definition) is 0. The zero-order valence-corrected chi connectivity index (χ0v) is 17.3. The van der Waals surface area contributed by atoms with Crippen molar-refractivity contribution in [2.75, 3.05) is 25.1 Å². The van der Waals surface area contributed by atoms with Gasteiger partial charge >= 0.3 is 0 Å². The van der Waals surface area contributed by atoms with Crippen LogP contribution in [0.1, 0.15) is 25.7 Å². The van der Waals surface area contributed by atoms with Crippen LogP contribution in [0.2, 0.25) is 0 Å². The number of para-hydroxylation sites is 1. The minimum absolute atomic E-state index is 0.112. The second-order valence-electron chi connectivity index (χ2n) is 7.37. The van der Waals surface area contributed by atoms with Gasteiger partial charge in [0.05, 0.1) is 19.2 Å². The molecule has 30 heavy (non-hydrogen) atoms. The number of nitrogens with zero attached hydrogens (tertiary/aromatic N) is 4. The molecule has 1 fully saturated rings. The zero-order chi connectivity index (χ0) is 20.9. The average molecular weight is 406 g/mol. The lowest BCUT2D eigenvalue weighted by molar-refractivity contribution is -0.125. The molecule has 2 heterocycles. The van der Waals surface area contributed by atoms with E-state index in [4.69, 9.17) is 9.26 Å². The van der Waals surface area contributed by atoms with E-state index in [1.165, 1.54) is 0 Å². The van der Waals surface area contributed by atoms with E-state index in [2.05, 4.69) is 10.1 Å². The van der Waals surface area contributed by atoms with Gasteiger partial charge in [0.1, 0.15) is 5.75 Å². The van der Waals surface area contributed by atoms with E-state index in [-0.39, 0.29) is 11.9 Å². The Balaban J connectivity index is 1.42. The minimum Gasteiger partial charge on any atom is -0.494 e. The molecular formula is C23H26N4O3. The number of aromatic nitrogens is 2. The first kappa shape index (κ1) is 20.1. The lowest BCUT2D eigenvalue weighted by atomic mass is 10.0. The molecule has 0 aliphatic carbocycles. The number of piperidine rings is 1. The number of carbonyl (C=O) groups is 1. The fourth-order valence-corrected chi connectivity index (χ4v) is 3.76. The van der Waals surface area contributed by atoms with Crippen molar-refractivity contribution in [3.63, 3.8) is 0 Å². The zero-order valence-electron chi connectivity index (χ0n) is 17.3. The predicted molar refractivity (Wildman–Crippen MR) is 114 cm³/mol. The van der Waals surface area contributed by atoms with Crippen molar-refractivity contribution in [1.29, 1.82) is 0 Å². The molecule has 0 saturated carbocycles. The molecule has 1 amide bonds. The fraction of sp³-hybridized carbons (Fsp3) is 0.348. The Morgan fingerprint density at radius 3 is 2.67 bits per heavy atom. The number of likely N-dealkylation sites (N-methyl/N-ethyl adjacent to an activating group) is 1. The molecular weight excluding hydrogens is 380 g/mol. The highest BCUT2D eigenvalue weighted by Gasteiger charge is 2.33. The van der Waals surface area contributed by atoms with Crippen LogP contribution in [0, 0.1) is 0 Å². The molecule has 1 aliphatic heterocycles. The SMILES string of the molecule is CCOc1ccc(-c2noc(CN(C)C3CCCN(c4ccccc4)C3=O)n2)cc1. The highest BCUT2D eigenvalue weighted by Crippen LogP contribution is 2.25. The van der Waals surface area contributed by atoms with Crippen LogP contribution in [0.3, 0.4) is 0 Å². The molecule has 4 rings (SSSR count). The van der Waals surface area contributed by atoms with Crippen LogP contribution in [0.4, 0.5) is 5.69 Å². The molecule has 156 valence electrons. The third-order valence-corrected chi connectivity index (χ3v) is 5.29. The summed E-state index contributed by atoms with van der Waals surface area (Å²) in [6, 6.07) is 17.2. The summed E-state index contributed by atoms with van der Waals surface area (Å²) in [5.41, 5.74) is 1.80. The number of rotatable bonds is 7. The smallest absolute Gasteiger partial charge is 0.244 e. The quantitative estimate of drug-likeness (QED) is 0.595. The Morgan fingerprint density at radius 2 is 1.93 bits per heavy atom. The van der Waals surface area contributed by atoms with Gasteiger partial charge in [-0.15, -0.1) is 0 Å². The Kier molecular flexibility index (Phi) is 6.09. The van der Waals surface area contributed by atoms with Gasteiger partial charge in [0.2, 0.25) is 17.6 Å². The van der Waals surface area contributed by atoms with E-state index >= 15 is 0 Å². The summed E-state index contributed by atoms with van der Waals surface area (Å²) in [6.45, 7) is 3.74. The lowest BCUT2D eigenvalue weighted by Crippen LogP contribution is -2.51. The van der Waals surface area contributed by atoms with E-state index in [0.29, 0.717) is 24.9 Å². The van der Waals surface area contributed by atoms with Crippen molar-refractivity contribution >= 4 is 11.6 Å². The molecule has 1 aromatic heterocycles. The maximum Gasteiger partial charge on any atom is 0.244 e. The summed E-state index contributed by atoms with van der Waals surface area (Å²) in [6.07, 6.45) is 1.77. The van der Waals surface area contributed by atoms with E-state index in [9.17, 15) is 4.79 Å². The molecule has 1 unspecified atom stereocenters. The number of carbonyl (C=O) groups excluding carboxylic acids is 1. The fourth-order valence-electron chi connectivity index (χ4n) is 3.76. The second-order valence-corrected chi connectivity index (χ2v) is 7.37. The Labute approximate surface area is 176 Å². The number of hydrogen-bond acceptors (Lipinski definition) is 6. The first-order chi connectivity index (χ1) is 14.7. The van der Waals surface area contributed by atoms with E-state index in [0.717, 1.165) is 36.4 Å². The van der Waals surface area contributed by atoms with Gasteiger partial charge in [-0.05, 0) is 63.2 Å². The van der Waals surface area contributed by atoms with Crippen LogP contribution < -0.4 is 9.64 Å². The number of amides is 1. The molecule has 1 aliphatic rings. The van der Waals surface area contributed by atoms with Gasteiger partial charge in [-0.1, -0.05) is 23.4 Å². The van der Waals surface area contributed by atoms with Crippen molar-refractivity contribution in [1.82, 2.24) is 15.0 Å². The number of ether oxygens (including phenoxy) is 1. The van der Waals surface area contributed by atoms with Crippen LogP contribution in [0.5, 0.6) is 5.75 Å². The Bertz CT molecular complexity index is 972. The molecule has 7 heteroatoms. The minimum atomic E-state index is -0.209. The third kappa shape index (κ3) is 4.36. The van der Waals surface area contributed by atoms with Crippen LogP contribution in [0.25, 0.3) is 11.4 Å². The standard InChI is InChI=1S/C23H26N4O3/c1-3-29-19-13-11-17(12-14-19)22-24-21(30-25-22)16-26(2)20-10-7-15-27(23(20)28)18-8-5-4-6-9-18/h4-6,8-9,11-14,20H,3,7,10,15-16H2,1-2H3. The topological polar surface area (TPSA) is 71.7 Å². The summed E-state index contributed by atoms with van der Waals surface area (Å²) in [5, 5.41) is 4.09. The van der Waals surface area contributed by atoms with Crippen molar-refractivity contribution < 1.29 is 14.1 Å². The largest absolute Gasteiger partial charge is 0.494 e. The Hall–Kier alpha value is -3.19. The molecule has 3 aromatic rings. The molecule has 7 nitrogen and oxygen atoms in total. The summed E-state index contributed by atoms with van der Waals surface area (Å²) in [7, 11) is 1.93. The molecule has 1 atom stereocenters. The lowest BCUT2D eigenvalue weighted by Gasteiger charge is -2.36. The summed E-state index contributed by atoms with van der Waals surface area (Å²) in [5.74, 6) is 1.94. The monoisotopic (exact) mass is 406 g/mol. The second kappa shape index (κ2) is 9.09. The highest BCUT2D eigenvalue weighted by atomic mass is 16.5. The van der Waals surface area contributed by atoms with E-state index in [1.807, 2.05) is 78.4 Å². The van der Waals surface area contributed by atoms with Gasteiger partial charge in [-0.2, -0.15) is 4.98 Å². The van der Waals surface area contributed by atoms with Gasteiger partial charge in [-0.3, -0.25) is 9.69 Å².